The predicted molar refractivity (Wildman–Crippen MR) is 99.0 cm³/mol. The Morgan fingerprint density at radius 3 is 2.77 bits per heavy atom. The average molecular weight is 355 g/mol. The van der Waals surface area contributed by atoms with Gasteiger partial charge in [-0.05, 0) is 31.5 Å². The smallest absolute Gasteiger partial charge is 0.272 e. The molecular weight excluding hydrogens is 330 g/mol. The molecule has 1 amide bonds. The van der Waals surface area contributed by atoms with Crippen molar-refractivity contribution in [3.8, 4) is 0 Å². The highest BCUT2D eigenvalue weighted by molar-refractivity contribution is 5.92. The fraction of sp³-hybridized carbons (Fsp3) is 0.474. The molecular formula is C19H25N5O2. The first-order valence-electron chi connectivity index (χ1n) is 9.15. The maximum atomic E-state index is 13.1. The number of aromatic amines is 1. The summed E-state index contributed by atoms with van der Waals surface area (Å²) in [5.41, 5.74) is 0.841. The second kappa shape index (κ2) is 8.71. The SMILES string of the molecule is CCN1CCC(N(CCc2ccccn2)C(=O)c2cncc(=O)[nH]2)CC1. The summed E-state index contributed by atoms with van der Waals surface area (Å²) in [5.74, 6) is -0.166. The molecule has 3 heterocycles. The Kier molecular flexibility index (Phi) is 6.12. The van der Waals surface area contributed by atoms with E-state index >= 15 is 0 Å². The molecule has 1 N–H and O–H groups in total. The van der Waals surface area contributed by atoms with Gasteiger partial charge in [-0.15, -0.1) is 0 Å². The zero-order valence-electron chi connectivity index (χ0n) is 15.1. The van der Waals surface area contributed by atoms with Crippen molar-refractivity contribution in [3.63, 3.8) is 0 Å². The Labute approximate surface area is 153 Å². The number of pyridine rings is 1. The van der Waals surface area contributed by atoms with Gasteiger partial charge in [-0.3, -0.25) is 19.6 Å². The molecule has 1 saturated heterocycles. The van der Waals surface area contributed by atoms with Gasteiger partial charge in [-0.1, -0.05) is 13.0 Å². The largest absolute Gasteiger partial charge is 0.334 e. The number of nitrogens with zero attached hydrogens (tertiary/aromatic N) is 4. The minimum absolute atomic E-state index is 0.165. The van der Waals surface area contributed by atoms with Crippen LogP contribution in [0.5, 0.6) is 0 Å². The molecule has 2 aromatic heterocycles. The molecule has 3 rings (SSSR count). The maximum absolute atomic E-state index is 13.1. The van der Waals surface area contributed by atoms with Crippen LogP contribution >= 0.6 is 0 Å². The van der Waals surface area contributed by atoms with Crippen molar-refractivity contribution in [1.29, 1.82) is 0 Å². The first-order chi connectivity index (χ1) is 12.7. The molecule has 0 bridgehead atoms. The molecule has 138 valence electrons. The van der Waals surface area contributed by atoms with E-state index in [1.807, 2.05) is 23.1 Å². The zero-order valence-corrected chi connectivity index (χ0v) is 15.1. The number of hydrogen-bond acceptors (Lipinski definition) is 5. The van der Waals surface area contributed by atoms with Gasteiger partial charge in [0.25, 0.3) is 11.5 Å². The highest BCUT2D eigenvalue weighted by atomic mass is 16.2. The predicted octanol–water partition coefficient (Wildman–Crippen LogP) is 1.33. The van der Waals surface area contributed by atoms with Crippen molar-refractivity contribution >= 4 is 5.91 Å². The fourth-order valence-electron chi connectivity index (χ4n) is 3.42. The molecule has 7 nitrogen and oxygen atoms in total. The summed E-state index contributed by atoms with van der Waals surface area (Å²) in [6.07, 6.45) is 6.93. The van der Waals surface area contributed by atoms with E-state index in [2.05, 4.69) is 26.8 Å². The van der Waals surface area contributed by atoms with Gasteiger partial charge in [0, 0.05) is 44.0 Å². The number of likely N-dealkylation sites (tertiary alicyclic amines) is 1. The molecule has 0 unspecified atom stereocenters. The Bertz CT molecular complexity index is 769. The van der Waals surface area contributed by atoms with E-state index in [-0.39, 0.29) is 23.2 Å². The van der Waals surface area contributed by atoms with Crippen LogP contribution in [0.4, 0.5) is 0 Å². The highest BCUT2D eigenvalue weighted by Gasteiger charge is 2.28. The number of amides is 1. The Morgan fingerprint density at radius 2 is 2.12 bits per heavy atom. The van der Waals surface area contributed by atoms with Crippen LogP contribution in [0.2, 0.25) is 0 Å². The minimum atomic E-state index is -0.360. The first-order valence-corrected chi connectivity index (χ1v) is 9.15. The monoisotopic (exact) mass is 355 g/mol. The van der Waals surface area contributed by atoms with Gasteiger partial charge in [-0.25, -0.2) is 0 Å². The highest BCUT2D eigenvalue weighted by Crippen LogP contribution is 2.19. The molecule has 0 radical (unpaired) electrons. The van der Waals surface area contributed by atoms with Gasteiger partial charge in [0.05, 0.1) is 12.4 Å². The van der Waals surface area contributed by atoms with Gasteiger partial charge >= 0.3 is 0 Å². The summed E-state index contributed by atoms with van der Waals surface area (Å²) < 4.78 is 0. The molecule has 0 aromatic carbocycles. The molecule has 1 aliphatic heterocycles. The number of nitrogens with one attached hydrogen (secondary N) is 1. The number of aromatic nitrogens is 3. The summed E-state index contributed by atoms with van der Waals surface area (Å²) in [5, 5.41) is 0. The van der Waals surface area contributed by atoms with E-state index in [0.29, 0.717) is 13.0 Å². The van der Waals surface area contributed by atoms with Crippen LogP contribution in [-0.2, 0) is 6.42 Å². The van der Waals surface area contributed by atoms with Crippen molar-refractivity contribution in [1.82, 2.24) is 24.8 Å². The molecule has 0 aliphatic carbocycles. The van der Waals surface area contributed by atoms with E-state index in [9.17, 15) is 9.59 Å². The van der Waals surface area contributed by atoms with Crippen LogP contribution in [0.1, 0.15) is 35.9 Å². The van der Waals surface area contributed by atoms with E-state index in [0.717, 1.165) is 38.2 Å². The minimum Gasteiger partial charge on any atom is -0.334 e. The molecule has 1 fully saturated rings. The normalized spacial score (nSPS) is 15.7. The fourth-order valence-corrected chi connectivity index (χ4v) is 3.42. The van der Waals surface area contributed by atoms with Crippen molar-refractivity contribution < 1.29 is 4.79 Å². The van der Waals surface area contributed by atoms with Crippen LogP contribution in [0.15, 0.2) is 41.6 Å². The summed E-state index contributed by atoms with van der Waals surface area (Å²) >= 11 is 0. The molecule has 7 heteroatoms. The van der Waals surface area contributed by atoms with Gasteiger partial charge < -0.3 is 14.8 Å². The van der Waals surface area contributed by atoms with Crippen molar-refractivity contribution in [2.75, 3.05) is 26.2 Å². The molecule has 26 heavy (non-hydrogen) atoms. The number of H-pyrrole nitrogens is 1. The Morgan fingerprint density at radius 1 is 1.31 bits per heavy atom. The number of carbonyl (C=O) groups is 1. The third kappa shape index (κ3) is 4.54. The van der Waals surface area contributed by atoms with E-state index < -0.39 is 0 Å². The Balaban J connectivity index is 1.76. The standard InChI is InChI=1S/C19H25N5O2/c1-2-23-10-7-16(8-11-23)24(12-6-15-5-3-4-9-21-15)19(26)17-13-20-14-18(25)22-17/h3-5,9,13-14,16H,2,6-8,10-12H2,1H3,(H,22,25). The third-order valence-electron chi connectivity index (χ3n) is 4.92. The lowest BCUT2D eigenvalue weighted by atomic mass is 10.0. The number of piperidine rings is 1. The van der Waals surface area contributed by atoms with Gasteiger partial charge in [0.15, 0.2) is 0 Å². The lowest BCUT2D eigenvalue weighted by Gasteiger charge is -2.38. The molecule has 2 aromatic rings. The summed E-state index contributed by atoms with van der Waals surface area (Å²) in [6.45, 7) is 5.73. The van der Waals surface area contributed by atoms with Crippen LogP contribution in [0, 0.1) is 0 Å². The van der Waals surface area contributed by atoms with Crippen molar-refractivity contribution in [2.24, 2.45) is 0 Å². The first kappa shape index (κ1) is 18.3. The van der Waals surface area contributed by atoms with Gasteiger partial charge in [0.1, 0.15) is 5.69 Å². The van der Waals surface area contributed by atoms with Gasteiger partial charge in [0.2, 0.25) is 0 Å². The van der Waals surface area contributed by atoms with Crippen LogP contribution in [-0.4, -0.2) is 62.9 Å². The van der Waals surface area contributed by atoms with E-state index in [1.54, 1.807) is 6.20 Å². The van der Waals surface area contributed by atoms with E-state index in [4.69, 9.17) is 0 Å². The second-order valence-electron chi connectivity index (χ2n) is 6.55. The maximum Gasteiger partial charge on any atom is 0.272 e. The summed E-state index contributed by atoms with van der Waals surface area (Å²) in [4.78, 5) is 39.7. The van der Waals surface area contributed by atoms with Crippen LogP contribution in [0.3, 0.4) is 0 Å². The molecule has 0 saturated carbocycles. The average Bonchev–Trinajstić information content (AvgIpc) is 2.69. The van der Waals surface area contributed by atoms with Crippen LogP contribution < -0.4 is 5.56 Å². The number of carbonyl (C=O) groups excluding carboxylic acids is 1. The lowest BCUT2D eigenvalue weighted by molar-refractivity contribution is 0.0573. The van der Waals surface area contributed by atoms with Gasteiger partial charge in [-0.2, -0.15) is 0 Å². The van der Waals surface area contributed by atoms with Crippen LogP contribution in [0.25, 0.3) is 0 Å². The quantitative estimate of drug-likeness (QED) is 0.845. The van der Waals surface area contributed by atoms with Crippen molar-refractivity contribution in [3.05, 3.63) is 58.5 Å². The topological polar surface area (TPSA) is 82.2 Å². The summed E-state index contributed by atoms with van der Waals surface area (Å²) in [6, 6.07) is 5.96. The number of hydrogen-bond donors (Lipinski definition) is 1. The Hall–Kier alpha value is -2.54. The molecule has 0 spiro atoms. The second-order valence-corrected chi connectivity index (χ2v) is 6.55. The third-order valence-corrected chi connectivity index (χ3v) is 4.92. The lowest BCUT2D eigenvalue weighted by Crippen LogP contribution is -2.48. The van der Waals surface area contributed by atoms with Crippen molar-refractivity contribution in [2.45, 2.75) is 32.2 Å². The molecule has 0 atom stereocenters. The molecule has 1 aliphatic rings. The zero-order chi connectivity index (χ0) is 18.4. The van der Waals surface area contributed by atoms with E-state index in [1.165, 1.54) is 12.4 Å². The summed E-state index contributed by atoms with van der Waals surface area (Å²) in [7, 11) is 0. The number of rotatable bonds is 6.